The van der Waals surface area contributed by atoms with Crippen LogP contribution in [0.4, 0.5) is 5.69 Å². The number of anilines is 1. The zero-order valence-electron chi connectivity index (χ0n) is 15.9. The highest BCUT2D eigenvalue weighted by Gasteiger charge is 2.33. The third kappa shape index (κ3) is 4.36. The maximum absolute atomic E-state index is 12.8. The van der Waals surface area contributed by atoms with E-state index in [1.165, 1.54) is 17.7 Å². The molecule has 1 aliphatic heterocycles. The Balaban J connectivity index is 1.71. The van der Waals surface area contributed by atoms with Gasteiger partial charge in [0.1, 0.15) is 11.4 Å². The van der Waals surface area contributed by atoms with Gasteiger partial charge in [-0.25, -0.2) is 4.90 Å². The normalized spacial score (nSPS) is 15.5. The summed E-state index contributed by atoms with van der Waals surface area (Å²) in [5.41, 5.74) is 2.79. The first-order chi connectivity index (χ1) is 13.0. The van der Waals surface area contributed by atoms with Crippen molar-refractivity contribution in [3.8, 4) is 5.75 Å². The van der Waals surface area contributed by atoms with Crippen molar-refractivity contribution in [2.24, 2.45) is 7.05 Å². The summed E-state index contributed by atoms with van der Waals surface area (Å²) < 4.78 is 7.39. The molecular weight excluding hydrogens is 360 g/mol. The molecule has 1 aromatic carbocycles. The molecule has 2 heterocycles. The Labute approximate surface area is 164 Å². The Bertz CT molecular complexity index is 871. The summed E-state index contributed by atoms with van der Waals surface area (Å²) >= 11 is 5.35. The first kappa shape index (κ1) is 19.1. The van der Waals surface area contributed by atoms with Gasteiger partial charge in [-0.2, -0.15) is 5.10 Å². The second-order valence-electron chi connectivity index (χ2n) is 6.53. The van der Waals surface area contributed by atoms with Gasteiger partial charge in [-0.1, -0.05) is 31.9 Å². The molecule has 6 nitrogen and oxygen atoms in total. The number of aryl methyl sites for hydroxylation is 2. The van der Waals surface area contributed by atoms with E-state index < -0.39 is 0 Å². The van der Waals surface area contributed by atoms with Crippen molar-refractivity contribution in [2.45, 2.75) is 33.1 Å². The van der Waals surface area contributed by atoms with Crippen LogP contribution in [-0.4, -0.2) is 27.4 Å². The smallest absolute Gasteiger partial charge is 0.281 e. The van der Waals surface area contributed by atoms with Crippen molar-refractivity contribution < 1.29 is 9.53 Å². The molecule has 0 atom stereocenters. The van der Waals surface area contributed by atoms with Crippen LogP contribution in [0.3, 0.4) is 0 Å². The van der Waals surface area contributed by atoms with Gasteiger partial charge in [0.05, 0.1) is 18.0 Å². The molecule has 0 saturated carbocycles. The van der Waals surface area contributed by atoms with E-state index in [1.807, 2.05) is 38.2 Å². The maximum atomic E-state index is 12.8. The number of amides is 1. The molecule has 3 rings (SSSR count). The Morgan fingerprint density at radius 1 is 1.26 bits per heavy atom. The average molecular weight is 385 g/mol. The molecule has 0 unspecified atom stereocenters. The first-order valence-electron chi connectivity index (χ1n) is 9.10. The van der Waals surface area contributed by atoms with Gasteiger partial charge in [-0.05, 0) is 49.3 Å². The van der Waals surface area contributed by atoms with Crippen LogP contribution in [-0.2, 0) is 11.8 Å². The second-order valence-corrected chi connectivity index (χ2v) is 6.91. The van der Waals surface area contributed by atoms with Crippen LogP contribution in [0.2, 0.25) is 0 Å². The van der Waals surface area contributed by atoms with E-state index in [9.17, 15) is 4.79 Å². The highest BCUT2D eigenvalue weighted by molar-refractivity contribution is 7.80. The average Bonchev–Trinajstić information content (AvgIpc) is 3.10. The highest BCUT2D eigenvalue weighted by atomic mass is 32.1. The summed E-state index contributed by atoms with van der Waals surface area (Å²) in [4.78, 5) is 14.3. The largest absolute Gasteiger partial charge is 0.494 e. The number of ether oxygens (including phenoxy) is 1. The third-order valence-electron chi connectivity index (χ3n) is 4.31. The van der Waals surface area contributed by atoms with Crippen LogP contribution in [0.25, 0.3) is 6.08 Å². The molecular formula is C20H24N4O2S. The summed E-state index contributed by atoms with van der Waals surface area (Å²) in [6, 6.07) is 7.69. The predicted octanol–water partition coefficient (Wildman–Crippen LogP) is 3.56. The Morgan fingerprint density at radius 3 is 2.63 bits per heavy atom. The highest BCUT2D eigenvalue weighted by Crippen LogP contribution is 2.25. The molecule has 142 valence electrons. The molecule has 7 heteroatoms. The predicted molar refractivity (Wildman–Crippen MR) is 111 cm³/mol. The van der Waals surface area contributed by atoms with E-state index in [4.69, 9.17) is 17.0 Å². The number of carbonyl (C=O) groups excluding carboxylic acids is 1. The molecule has 0 spiro atoms. The quantitative estimate of drug-likeness (QED) is 0.449. The van der Waals surface area contributed by atoms with Crippen LogP contribution in [0.5, 0.6) is 5.75 Å². The van der Waals surface area contributed by atoms with Gasteiger partial charge < -0.3 is 10.1 Å². The minimum Gasteiger partial charge on any atom is -0.494 e. The van der Waals surface area contributed by atoms with Crippen LogP contribution in [0.1, 0.15) is 37.4 Å². The molecule has 1 amide bonds. The number of benzene rings is 1. The van der Waals surface area contributed by atoms with Gasteiger partial charge in [0.2, 0.25) is 0 Å². The van der Waals surface area contributed by atoms with Crippen LogP contribution < -0.4 is 15.0 Å². The summed E-state index contributed by atoms with van der Waals surface area (Å²) in [5, 5.41) is 7.64. The molecule has 1 saturated heterocycles. The lowest BCUT2D eigenvalue weighted by atomic mass is 10.2. The molecule has 1 fully saturated rings. The van der Waals surface area contributed by atoms with Gasteiger partial charge in [0.25, 0.3) is 5.91 Å². The second kappa shape index (κ2) is 8.35. The fraction of sp³-hybridized carbons (Fsp3) is 0.350. The van der Waals surface area contributed by atoms with E-state index in [-0.39, 0.29) is 5.91 Å². The lowest BCUT2D eigenvalue weighted by Gasteiger charge is -2.11. The molecule has 1 aliphatic rings. The first-order valence-corrected chi connectivity index (χ1v) is 9.50. The van der Waals surface area contributed by atoms with Gasteiger partial charge in [-0.3, -0.25) is 9.48 Å². The number of thiocarbonyl (C=S) groups is 1. The summed E-state index contributed by atoms with van der Waals surface area (Å²) in [7, 11) is 1.82. The van der Waals surface area contributed by atoms with Gasteiger partial charge in [0.15, 0.2) is 5.11 Å². The number of hydrogen-bond acceptors (Lipinski definition) is 4. The Morgan fingerprint density at radius 2 is 2.00 bits per heavy atom. The summed E-state index contributed by atoms with van der Waals surface area (Å²) in [6.45, 7) is 4.75. The molecule has 1 N–H and O–H groups in total. The molecule has 27 heavy (non-hydrogen) atoms. The molecule has 1 aromatic heterocycles. The standard InChI is InChI=1S/C20H24N4O2S/c1-4-5-6-11-26-16-9-7-15(8-10-16)12-17-19(25)24(20(27)21-17)18-13-23(3)22-14(18)2/h7-10,12-13H,4-6,11H2,1-3H3,(H,21,27)/b17-12+. The lowest BCUT2D eigenvalue weighted by Crippen LogP contribution is -2.30. The van der Waals surface area contributed by atoms with Crippen LogP contribution in [0.15, 0.2) is 36.2 Å². The fourth-order valence-electron chi connectivity index (χ4n) is 2.93. The number of carbonyl (C=O) groups is 1. The number of hydrogen-bond donors (Lipinski definition) is 1. The number of nitrogens with zero attached hydrogens (tertiary/aromatic N) is 3. The van der Waals surface area contributed by atoms with Crippen molar-refractivity contribution in [1.29, 1.82) is 0 Å². The summed E-state index contributed by atoms with van der Waals surface area (Å²) in [5.74, 6) is 0.651. The molecule has 0 radical (unpaired) electrons. The van der Waals surface area contributed by atoms with E-state index in [2.05, 4.69) is 17.3 Å². The number of unbranched alkanes of at least 4 members (excludes halogenated alkanes) is 2. The van der Waals surface area contributed by atoms with Crippen LogP contribution in [0, 0.1) is 6.92 Å². The van der Waals surface area contributed by atoms with Gasteiger partial charge >= 0.3 is 0 Å². The SMILES string of the molecule is CCCCCOc1ccc(/C=C2/NC(=S)N(c3cn(C)nc3C)C2=O)cc1. The zero-order valence-corrected chi connectivity index (χ0v) is 16.7. The monoisotopic (exact) mass is 384 g/mol. The van der Waals surface area contributed by atoms with Crippen molar-refractivity contribution in [3.05, 3.63) is 47.4 Å². The lowest BCUT2D eigenvalue weighted by molar-refractivity contribution is -0.113. The van der Waals surface area contributed by atoms with E-state index in [0.717, 1.165) is 30.0 Å². The third-order valence-corrected chi connectivity index (χ3v) is 4.60. The van der Waals surface area contributed by atoms with E-state index >= 15 is 0 Å². The Kier molecular flexibility index (Phi) is 5.91. The van der Waals surface area contributed by atoms with Crippen molar-refractivity contribution in [2.75, 3.05) is 11.5 Å². The van der Waals surface area contributed by atoms with E-state index in [0.29, 0.717) is 16.5 Å². The van der Waals surface area contributed by atoms with E-state index in [1.54, 1.807) is 17.0 Å². The Hall–Kier alpha value is -2.67. The molecule has 0 aliphatic carbocycles. The van der Waals surface area contributed by atoms with Crippen molar-refractivity contribution >= 4 is 35.0 Å². The maximum Gasteiger partial charge on any atom is 0.281 e. The number of rotatable bonds is 7. The minimum absolute atomic E-state index is 0.184. The minimum atomic E-state index is -0.184. The molecule has 2 aromatic rings. The van der Waals surface area contributed by atoms with Crippen molar-refractivity contribution in [1.82, 2.24) is 15.1 Å². The van der Waals surface area contributed by atoms with Gasteiger partial charge in [-0.15, -0.1) is 0 Å². The van der Waals surface area contributed by atoms with Crippen LogP contribution >= 0.6 is 12.2 Å². The number of nitrogens with one attached hydrogen (secondary N) is 1. The molecule has 0 bridgehead atoms. The topological polar surface area (TPSA) is 59.4 Å². The van der Waals surface area contributed by atoms with Crippen molar-refractivity contribution in [3.63, 3.8) is 0 Å². The number of aromatic nitrogens is 2. The van der Waals surface area contributed by atoms with Gasteiger partial charge in [0, 0.05) is 13.2 Å². The zero-order chi connectivity index (χ0) is 19.4. The fourth-order valence-corrected chi connectivity index (χ4v) is 3.22. The summed E-state index contributed by atoms with van der Waals surface area (Å²) in [6.07, 6.45) is 6.98.